The van der Waals surface area contributed by atoms with Crippen molar-refractivity contribution < 1.29 is 13.2 Å². The topological polar surface area (TPSA) is 54.5 Å². The number of halogens is 1. The van der Waals surface area contributed by atoms with Gasteiger partial charge in [0.1, 0.15) is 0 Å². The van der Waals surface area contributed by atoms with Gasteiger partial charge in [-0.15, -0.1) is 0 Å². The van der Waals surface area contributed by atoms with Crippen LogP contribution in [0.1, 0.15) is 36.3 Å². The summed E-state index contributed by atoms with van der Waals surface area (Å²) in [6, 6.07) is 13.8. The van der Waals surface area contributed by atoms with Crippen molar-refractivity contribution in [3.63, 3.8) is 0 Å². The maximum Gasteiger partial charge on any atom is 0.266 e. The van der Waals surface area contributed by atoms with Gasteiger partial charge in [0, 0.05) is 5.02 Å². The standard InChI is InChI=1S/C22H22ClNO3S/c1-15-6-12-19(13-7-15)28(26,27)24-14-17-4-2-3-5-20(17)21(22(24)25)16-8-10-18(23)11-9-16/h4,6-13,20-21H,2-3,5,14H2,1H3/t20-,21+/m0/s1. The molecule has 6 heteroatoms. The van der Waals surface area contributed by atoms with Crippen LogP contribution in [0.2, 0.25) is 5.02 Å². The third kappa shape index (κ3) is 3.38. The number of carbonyl (C=O) groups is 1. The molecule has 0 spiro atoms. The van der Waals surface area contributed by atoms with Crippen molar-refractivity contribution in [3.8, 4) is 0 Å². The molecule has 146 valence electrons. The molecule has 4 nitrogen and oxygen atoms in total. The number of hydrogen-bond donors (Lipinski definition) is 0. The fourth-order valence-electron chi connectivity index (χ4n) is 4.18. The molecule has 0 saturated carbocycles. The Morgan fingerprint density at radius 3 is 2.39 bits per heavy atom. The maximum atomic E-state index is 13.4. The molecule has 1 fully saturated rings. The summed E-state index contributed by atoms with van der Waals surface area (Å²) in [4.78, 5) is 13.6. The molecule has 0 unspecified atom stereocenters. The zero-order valence-corrected chi connectivity index (χ0v) is 17.2. The number of allylic oxidation sites excluding steroid dienone is 1. The van der Waals surface area contributed by atoms with E-state index in [2.05, 4.69) is 6.08 Å². The molecule has 0 bridgehead atoms. The van der Waals surface area contributed by atoms with Gasteiger partial charge in [0.05, 0.1) is 17.4 Å². The zero-order valence-electron chi connectivity index (χ0n) is 15.6. The molecule has 1 saturated heterocycles. The molecular formula is C22H22ClNO3S. The first-order valence-corrected chi connectivity index (χ1v) is 11.3. The van der Waals surface area contributed by atoms with Crippen LogP contribution in [0.3, 0.4) is 0 Å². The average molecular weight is 416 g/mol. The minimum Gasteiger partial charge on any atom is -0.273 e. The second-order valence-electron chi connectivity index (χ2n) is 7.51. The van der Waals surface area contributed by atoms with Crippen LogP contribution < -0.4 is 0 Å². The van der Waals surface area contributed by atoms with E-state index >= 15 is 0 Å². The summed E-state index contributed by atoms with van der Waals surface area (Å²) in [5.74, 6) is -0.809. The van der Waals surface area contributed by atoms with E-state index in [1.807, 2.05) is 19.1 Å². The van der Waals surface area contributed by atoms with Crippen LogP contribution in [0.25, 0.3) is 0 Å². The molecule has 28 heavy (non-hydrogen) atoms. The highest BCUT2D eigenvalue weighted by Crippen LogP contribution is 2.43. The van der Waals surface area contributed by atoms with Crippen molar-refractivity contribution in [1.82, 2.24) is 4.31 Å². The van der Waals surface area contributed by atoms with E-state index in [4.69, 9.17) is 11.6 Å². The monoisotopic (exact) mass is 415 g/mol. The Bertz CT molecular complexity index is 1030. The lowest BCUT2D eigenvalue weighted by atomic mass is 9.73. The lowest BCUT2D eigenvalue weighted by Crippen LogP contribution is -2.49. The lowest BCUT2D eigenvalue weighted by Gasteiger charge is -2.41. The fourth-order valence-corrected chi connectivity index (χ4v) is 5.71. The van der Waals surface area contributed by atoms with Crippen LogP contribution in [0.15, 0.2) is 65.1 Å². The molecular weight excluding hydrogens is 394 g/mol. The minimum absolute atomic E-state index is 0.0480. The first-order valence-electron chi connectivity index (χ1n) is 9.45. The number of rotatable bonds is 3. The molecule has 2 atom stereocenters. The fraction of sp³-hybridized carbons (Fsp3) is 0.318. The molecule has 2 aliphatic rings. The Labute approximate surface area is 170 Å². The zero-order chi connectivity index (χ0) is 19.9. The quantitative estimate of drug-likeness (QED) is 0.683. The van der Waals surface area contributed by atoms with E-state index in [-0.39, 0.29) is 23.3 Å². The molecule has 0 radical (unpaired) electrons. The number of nitrogens with zero attached hydrogens (tertiary/aromatic N) is 1. The van der Waals surface area contributed by atoms with E-state index in [9.17, 15) is 13.2 Å². The van der Waals surface area contributed by atoms with Gasteiger partial charge in [-0.05, 0) is 67.5 Å². The van der Waals surface area contributed by atoms with Gasteiger partial charge >= 0.3 is 0 Å². The van der Waals surface area contributed by atoms with Crippen LogP contribution in [-0.2, 0) is 14.8 Å². The Balaban J connectivity index is 1.78. The van der Waals surface area contributed by atoms with E-state index < -0.39 is 15.9 Å². The number of benzene rings is 2. The highest BCUT2D eigenvalue weighted by Gasteiger charge is 2.45. The first kappa shape index (κ1) is 19.2. The predicted molar refractivity (Wildman–Crippen MR) is 110 cm³/mol. The molecule has 0 N–H and O–H groups in total. The van der Waals surface area contributed by atoms with Crippen molar-refractivity contribution in [3.05, 3.63) is 76.3 Å². The van der Waals surface area contributed by atoms with Gasteiger partial charge < -0.3 is 0 Å². The highest BCUT2D eigenvalue weighted by atomic mass is 35.5. The smallest absolute Gasteiger partial charge is 0.266 e. The van der Waals surface area contributed by atoms with Crippen LogP contribution in [-0.4, -0.2) is 25.2 Å². The number of aryl methyl sites for hydroxylation is 1. The number of hydrogen-bond acceptors (Lipinski definition) is 3. The second kappa shape index (κ2) is 7.37. The van der Waals surface area contributed by atoms with Crippen LogP contribution in [0.4, 0.5) is 0 Å². The number of sulfonamides is 1. The second-order valence-corrected chi connectivity index (χ2v) is 9.81. The van der Waals surface area contributed by atoms with E-state index in [1.54, 1.807) is 36.4 Å². The first-order chi connectivity index (χ1) is 13.4. The number of piperidine rings is 1. The van der Waals surface area contributed by atoms with E-state index in [0.29, 0.717) is 5.02 Å². The highest BCUT2D eigenvalue weighted by molar-refractivity contribution is 7.89. The largest absolute Gasteiger partial charge is 0.273 e. The maximum absolute atomic E-state index is 13.4. The lowest BCUT2D eigenvalue weighted by molar-refractivity contribution is -0.130. The summed E-state index contributed by atoms with van der Waals surface area (Å²) in [7, 11) is -3.91. The van der Waals surface area contributed by atoms with Gasteiger partial charge in [-0.25, -0.2) is 12.7 Å². The van der Waals surface area contributed by atoms with Crippen molar-refractivity contribution in [2.24, 2.45) is 5.92 Å². The van der Waals surface area contributed by atoms with Gasteiger partial charge in [0.2, 0.25) is 5.91 Å². The van der Waals surface area contributed by atoms with Gasteiger partial charge in [-0.2, -0.15) is 0 Å². The summed E-state index contributed by atoms with van der Waals surface area (Å²) in [5, 5.41) is 0.593. The number of fused-ring (bicyclic) bond motifs is 1. The Morgan fingerprint density at radius 2 is 1.71 bits per heavy atom. The summed E-state index contributed by atoms with van der Waals surface area (Å²) in [5.41, 5.74) is 2.83. The predicted octanol–water partition coefficient (Wildman–Crippen LogP) is 4.69. The van der Waals surface area contributed by atoms with Crippen LogP contribution in [0, 0.1) is 12.8 Å². The van der Waals surface area contributed by atoms with Gasteiger partial charge in [0.15, 0.2) is 0 Å². The average Bonchev–Trinajstić information content (AvgIpc) is 2.69. The molecule has 1 aliphatic carbocycles. The number of amides is 1. The summed E-state index contributed by atoms with van der Waals surface area (Å²) in [6.45, 7) is 2.04. The summed E-state index contributed by atoms with van der Waals surface area (Å²) < 4.78 is 27.6. The van der Waals surface area contributed by atoms with Gasteiger partial charge in [-0.1, -0.05) is 47.5 Å². The summed E-state index contributed by atoms with van der Waals surface area (Å²) in [6.07, 6.45) is 4.94. The normalized spacial score (nSPS) is 22.6. The van der Waals surface area contributed by atoms with Gasteiger partial charge in [0.25, 0.3) is 10.0 Å². The molecule has 2 aromatic carbocycles. The van der Waals surface area contributed by atoms with Crippen molar-refractivity contribution in [1.29, 1.82) is 0 Å². The Kier molecular flexibility index (Phi) is 5.06. The molecule has 1 aliphatic heterocycles. The number of carbonyl (C=O) groups excluding carboxylic acids is 1. The summed E-state index contributed by atoms with van der Waals surface area (Å²) >= 11 is 6.02. The minimum atomic E-state index is -3.91. The van der Waals surface area contributed by atoms with E-state index in [1.165, 1.54) is 0 Å². The van der Waals surface area contributed by atoms with Crippen molar-refractivity contribution >= 4 is 27.5 Å². The molecule has 1 amide bonds. The Morgan fingerprint density at radius 1 is 1.04 bits per heavy atom. The van der Waals surface area contributed by atoms with Crippen molar-refractivity contribution in [2.75, 3.05) is 6.54 Å². The molecule has 4 rings (SSSR count). The SMILES string of the molecule is Cc1ccc(S(=O)(=O)N2CC3=CCCC[C@@H]3[C@@H](c3ccc(Cl)cc3)C2=O)cc1. The molecule has 0 aromatic heterocycles. The van der Waals surface area contributed by atoms with Crippen LogP contribution >= 0.6 is 11.6 Å². The van der Waals surface area contributed by atoms with E-state index in [0.717, 1.165) is 40.3 Å². The molecule has 1 heterocycles. The van der Waals surface area contributed by atoms with Gasteiger partial charge in [-0.3, -0.25) is 4.79 Å². The van der Waals surface area contributed by atoms with Crippen molar-refractivity contribution in [2.45, 2.75) is 37.0 Å². The third-order valence-electron chi connectivity index (χ3n) is 5.68. The molecule has 2 aromatic rings. The van der Waals surface area contributed by atoms with Crippen LogP contribution in [0.5, 0.6) is 0 Å². The Hall–Kier alpha value is -2.11. The third-order valence-corrected chi connectivity index (χ3v) is 7.69.